The molecule has 1 aromatic rings. The number of piperidine rings is 1. The molecule has 0 aromatic heterocycles. The lowest BCUT2D eigenvalue weighted by atomic mass is 10.0. The molecule has 2 aliphatic heterocycles. The van der Waals surface area contributed by atoms with Crippen molar-refractivity contribution in [1.29, 1.82) is 5.41 Å². The fourth-order valence-corrected chi connectivity index (χ4v) is 3.72. The number of carbonyl (C=O) groups excluding carboxylic acids is 3. The molecule has 1 saturated heterocycles. The number of likely N-dealkylation sites (tertiary alicyclic amines) is 1. The minimum Gasteiger partial charge on any atom is -0.386 e. The lowest BCUT2D eigenvalue weighted by Gasteiger charge is -2.29. The first-order valence-electron chi connectivity index (χ1n) is 10.0. The summed E-state index contributed by atoms with van der Waals surface area (Å²) in [7, 11) is 0. The smallest absolute Gasteiger partial charge is 0.261 e. The maximum absolute atomic E-state index is 13.4. The second-order valence-corrected chi connectivity index (χ2v) is 7.87. The minimum absolute atomic E-state index is 0.0105. The molecule has 30 heavy (non-hydrogen) atoms. The number of rotatable bonds is 7. The zero-order valence-electron chi connectivity index (χ0n) is 16.5. The highest BCUT2D eigenvalue weighted by Crippen LogP contribution is 2.31. The molecule has 156 valence electrons. The first kappa shape index (κ1) is 20.0. The van der Waals surface area contributed by atoms with Gasteiger partial charge in [0.15, 0.2) is 0 Å². The summed E-state index contributed by atoms with van der Waals surface area (Å²) < 4.78 is 13.4. The van der Waals surface area contributed by atoms with Crippen LogP contribution in [0.1, 0.15) is 40.0 Å². The highest BCUT2D eigenvalue weighted by Gasteiger charge is 2.35. The quantitative estimate of drug-likeness (QED) is 0.533. The van der Waals surface area contributed by atoms with Crippen LogP contribution in [0.5, 0.6) is 0 Å². The normalized spacial score (nSPS) is 21.0. The predicted molar refractivity (Wildman–Crippen MR) is 109 cm³/mol. The molecule has 2 N–H and O–H groups in total. The Hall–Kier alpha value is -3.29. The van der Waals surface area contributed by atoms with Crippen LogP contribution in [0.2, 0.25) is 0 Å². The van der Waals surface area contributed by atoms with Crippen molar-refractivity contribution in [2.75, 3.05) is 26.2 Å². The van der Waals surface area contributed by atoms with Crippen LogP contribution in [0, 0.1) is 11.3 Å². The van der Waals surface area contributed by atoms with Crippen molar-refractivity contribution in [3.05, 3.63) is 59.1 Å². The Balaban J connectivity index is 1.38. The zero-order chi connectivity index (χ0) is 21.3. The number of halogens is 1. The summed E-state index contributed by atoms with van der Waals surface area (Å²) >= 11 is 0. The van der Waals surface area contributed by atoms with Crippen LogP contribution in [0.15, 0.2) is 47.9 Å². The van der Waals surface area contributed by atoms with E-state index in [1.807, 2.05) is 0 Å². The molecule has 2 fully saturated rings. The van der Waals surface area contributed by atoms with E-state index in [4.69, 9.17) is 5.41 Å². The van der Waals surface area contributed by atoms with Crippen LogP contribution in [-0.4, -0.2) is 59.4 Å². The molecule has 1 saturated carbocycles. The molecular formula is C22H23FN4O3. The molecule has 8 heteroatoms. The van der Waals surface area contributed by atoms with Gasteiger partial charge in [-0.15, -0.1) is 0 Å². The third-order valence-electron chi connectivity index (χ3n) is 5.62. The first-order chi connectivity index (χ1) is 14.5. The minimum atomic E-state index is -0.451. The van der Waals surface area contributed by atoms with Crippen LogP contribution in [0.4, 0.5) is 4.39 Å². The average molecular weight is 410 g/mol. The van der Waals surface area contributed by atoms with E-state index in [0.717, 1.165) is 24.3 Å². The lowest BCUT2D eigenvalue weighted by molar-refractivity contribution is -0.127. The number of carbonyl (C=O) groups is 3. The molecule has 0 radical (unpaired) electrons. The van der Waals surface area contributed by atoms with E-state index in [1.54, 1.807) is 29.2 Å². The van der Waals surface area contributed by atoms with Gasteiger partial charge in [-0.3, -0.25) is 19.3 Å². The topological polar surface area (TPSA) is 93.6 Å². The summed E-state index contributed by atoms with van der Waals surface area (Å²) in [5.74, 6) is -0.519. The number of fused-ring (bicyclic) bond motifs is 1. The van der Waals surface area contributed by atoms with Crippen LogP contribution in [0.25, 0.3) is 0 Å². The lowest BCUT2D eigenvalue weighted by Crippen LogP contribution is -2.42. The van der Waals surface area contributed by atoms with Crippen molar-refractivity contribution < 1.29 is 18.8 Å². The SMILES string of the molecule is N=C1CCN(CC2CC2)C(=O)/C1=C/NC/C(=C/F)CN1C(=O)c2ccccc2C1=O. The number of hydrogen-bond donors (Lipinski definition) is 2. The Bertz CT molecular complexity index is 945. The van der Waals surface area contributed by atoms with Gasteiger partial charge in [-0.1, -0.05) is 12.1 Å². The van der Waals surface area contributed by atoms with Gasteiger partial charge in [0, 0.05) is 38.0 Å². The second-order valence-electron chi connectivity index (χ2n) is 7.87. The highest BCUT2D eigenvalue weighted by atomic mass is 19.1. The molecule has 0 spiro atoms. The van der Waals surface area contributed by atoms with E-state index in [2.05, 4.69) is 5.32 Å². The average Bonchev–Trinajstić information content (AvgIpc) is 3.54. The maximum Gasteiger partial charge on any atom is 0.261 e. The van der Waals surface area contributed by atoms with E-state index in [9.17, 15) is 18.8 Å². The molecule has 0 atom stereocenters. The molecule has 0 bridgehead atoms. The third-order valence-corrected chi connectivity index (χ3v) is 5.62. The van der Waals surface area contributed by atoms with Crippen LogP contribution in [0.3, 0.4) is 0 Å². The molecule has 7 nitrogen and oxygen atoms in total. The van der Waals surface area contributed by atoms with Gasteiger partial charge in [0.05, 0.1) is 29.6 Å². The number of nitrogens with one attached hydrogen (secondary N) is 2. The van der Waals surface area contributed by atoms with E-state index in [-0.39, 0.29) is 35.9 Å². The number of hydrogen-bond acceptors (Lipinski definition) is 5. The molecule has 3 amide bonds. The van der Waals surface area contributed by atoms with Crippen molar-refractivity contribution in [2.45, 2.75) is 19.3 Å². The van der Waals surface area contributed by atoms with Crippen LogP contribution in [-0.2, 0) is 4.79 Å². The van der Waals surface area contributed by atoms with Crippen molar-refractivity contribution in [1.82, 2.24) is 15.1 Å². The fourth-order valence-electron chi connectivity index (χ4n) is 3.72. The van der Waals surface area contributed by atoms with Gasteiger partial charge in [0.1, 0.15) is 0 Å². The Kier molecular flexibility index (Phi) is 5.48. The van der Waals surface area contributed by atoms with Crippen molar-refractivity contribution in [3.8, 4) is 0 Å². The van der Waals surface area contributed by atoms with Gasteiger partial charge in [0.25, 0.3) is 17.7 Å². The zero-order valence-corrected chi connectivity index (χ0v) is 16.5. The monoisotopic (exact) mass is 410 g/mol. The summed E-state index contributed by atoms with van der Waals surface area (Å²) in [4.78, 5) is 40.3. The maximum atomic E-state index is 13.4. The Morgan fingerprint density at radius 2 is 1.80 bits per heavy atom. The number of amides is 3. The third kappa shape index (κ3) is 3.90. The van der Waals surface area contributed by atoms with E-state index in [0.29, 0.717) is 36.3 Å². The summed E-state index contributed by atoms with van der Waals surface area (Å²) in [5, 5.41) is 10.9. The van der Waals surface area contributed by atoms with Crippen molar-refractivity contribution in [3.63, 3.8) is 0 Å². The van der Waals surface area contributed by atoms with Gasteiger partial charge in [-0.2, -0.15) is 0 Å². The van der Waals surface area contributed by atoms with Crippen molar-refractivity contribution >= 4 is 23.4 Å². The van der Waals surface area contributed by atoms with E-state index in [1.165, 1.54) is 6.20 Å². The van der Waals surface area contributed by atoms with Crippen LogP contribution >= 0.6 is 0 Å². The summed E-state index contributed by atoms with van der Waals surface area (Å²) in [5.41, 5.74) is 1.35. The standard InChI is InChI=1S/C22H23FN4O3/c23-9-15(13-27-21(29)16-3-1-2-4-17(16)22(27)30)10-25-11-18-19(24)7-8-26(20(18)28)12-14-5-6-14/h1-4,9,11,14,24-25H,5-8,10,12-13H2/b15-9-,18-11+,24-19?. The van der Waals surface area contributed by atoms with Crippen molar-refractivity contribution in [2.24, 2.45) is 5.92 Å². The second kappa shape index (κ2) is 8.22. The Morgan fingerprint density at radius 1 is 1.13 bits per heavy atom. The van der Waals surface area contributed by atoms with Gasteiger partial charge < -0.3 is 15.6 Å². The predicted octanol–water partition coefficient (Wildman–Crippen LogP) is 2.27. The highest BCUT2D eigenvalue weighted by molar-refractivity contribution is 6.22. The molecule has 0 unspecified atom stereocenters. The summed E-state index contributed by atoms with van der Waals surface area (Å²) in [6.07, 6.45) is 4.58. The van der Waals surface area contributed by atoms with Crippen LogP contribution < -0.4 is 5.32 Å². The van der Waals surface area contributed by atoms with E-state index >= 15 is 0 Å². The molecule has 1 aromatic carbocycles. The largest absolute Gasteiger partial charge is 0.386 e. The number of imide groups is 1. The molecule has 1 aliphatic carbocycles. The molecular weight excluding hydrogens is 387 g/mol. The molecule has 3 aliphatic rings. The van der Waals surface area contributed by atoms with Gasteiger partial charge in [-0.05, 0) is 36.5 Å². The van der Waals surface area contributed by atoms with E-state index < -0.39 is 11.8 Å². The Labute approximate surface area is 173 Å². The fraction of sp³-hybridized carbons (Fsp3) is 0.364. The first-order valence-corrected chi connectivity index (χ1v) is 10.0. The van der Waals surface area contributed by atoms with Gasteiger partial charge in [0.2, 0.25) is 0 Å². The molecule has 4 rings (SSSR count). The summed E-state index contributed by atoms with van der Waals surface area (Å²) in [6, 6.07) is 6.50. The summed E-state index contributed by atoms with van der Waals surface area (Å²) in [6.45, 7) is 1.11. The Morgan fingerprint density at radius 3 is 2.40 bits per heavy atom. The number of benzene rings is 1. The number of nitrogens with zero attached hydrogens (tertiary/aromatic N) is 2. The molecule has 2 heterocycles. The van der Waals surface area contributed by atoms with Gasteiger partial charge in [-0.25, -0.2) is 4.39 Å². The van der Waals surface area contributed by atoms with Gasteiger partial charge >= 0.3 is 0 Å².